The van der Waals surface area contributed by atoms with Crippen molar-refractivity contribution in [1.82, 2.24) is 19.0 Å². The smallest absolute Gasteiger partial charge is 0.253 e. The summed E-state index contributed by atoms with van der Waals surface area (Å²) in [5.41, 5.74) is 4.08. The van der Waals surface area contributed by atoms with Crippen molar-refractivity contribution in [3.8, 4) is 5.69 Å². The van der Waals surface area contributed by atoms with E-state index in [2.05, 4.69) is 5.10 Å². The van der Waals surface area contributed by atoms with E-state index >= 15 is 0 Å². The van der Waals surface area contributed by atoms with E-state index in [-0.39, 0.29) is 10.8 Å². The quantitative estimate of drug-likeness (QED) is 0.519. The summed E-state index contributed by atoms with van der Waals surface area (Å²) in [7, 11) is -1.92. The van der Waals surface area contributed by atoms with Gasteiger partial charge in [-0.2, -0.15) is 9.40 Å². The lowest BCUT2D eigenvalue weighted by Gasteiger charge is -2.20. The van der Waals surface area contributed by atoms with Gasteiger partial charge in [-0.05, 0) is 44.2 Å². The zero-order valence-electron chi connectivity index (χ0n) is 19.2. The molecule has 0 radical (unpaired) electrons. The van der Waals surface area contributed by atoms with Crippen LogP contribution in [0.15, 0.2) is 59.5 Å². The molecule has 3 aromatic rings. The highest BCUT2D eigenvalue weighted by molar-refractivity contribution is 7.89. The summed E-state index contributed by atoms with van der Waals surface area (Å²) in [5, 5.41) is 4.64. The van der Waals surface area contributed by atoms with E-state index in [0.717, 1.165) is 22.6 Å². The lowest BCUT2D eigenvalue weighted by Crippen LogP contribution is -2.31. The van der Waals surface area contributed by atoms with Crippen LogP contribution in [0.4, 0.5) is 0 Å². The van der Waals surface area contributed by atoms with Crippen LogP contribution < -0.4 is 0 Å². The highest BCUT2D eigenvalue weighted by Gasteiger charge is 2.24. The van der Waals surface area contributed by atoms with Gasteiger partial charge in [0.1, 0.15) is 0 Å². The van der Waals surface area contributed by atoms with Crippen LogP contribution >= 0.6 is 0 Å². The second kappa shape index (κ2) is 9.67. The molecule has 0 spiro atoms. The maximum atomic E-state index is 13.1. The van der Waals surface area contributed by atoms with Gasteiger partial charge < -0.3 is 4.90 Å². The Bertz CT molecular complexity index is 1200. The summed E-state index contributed by atoms with van der Waals surface area (Å²) in [6.07, 6.45) is 0. The number of rotatable bonds is 8. The van der Waals surface area contributed by atoms with Crippen molar-refractivity contribution in [2.45, 2.75) is 39.1 Å². The average molecular weight is 455 g/mol. The third-order valence-corrected chi connectivity index (χ3v) is 7.65. The van der Waals surface area contributed by atoms with Crippen molar-refractivity contribution in [3.63, 3.8) is 0 Å². The Morgan fingerprint density at radius 3 is 2.28 bits per heavy atom. The van der Waals surface area contributed by atoms with Crippen LogP contribution in [0.2, 0.25) is 0 Å². The Balaban J connectivity index is 1.86. The highest BCUT2D eigenvalue weighted by Crippen LogP contribution is 2.21. The van der Waals surface area contributed by atoms with Crippen LogP contribution in [0.25, 0.3) is 5.69 Å². The Labute approximate surface area is 190 Å². The first-order valence-electron chi connectivity index (χ1n) is 10.7. The van der Waals surface area contributed by atoms with Gasteiger partial charge >= 0.3 is 0 Å². The molecule has 0 saturated heterocycles. The number of aryl methyl sites for hydroxylation is 1. The lowest BCUT2D eigenvalue weighted by atomic mass is 10.1. The normalized spacial score (nSPS) is 11.7. The first kappa shape index (κ1) is 23.7. The number of carbonyl (C=O) groups excluding carboxylic acids is 1. The van der Waals surface area contributed by atoms with Crippen molar-refractivity contribution in [2.24, 2.45) is 0 Å². The maximum Gasteiger partial charge on any atom is 0.253 e. The van der Waals surface area contributed by atoms with Crippen LogP contribution in [-0.2, 0) is 16.6 Å². The van der Waals surface area contributed by atoms with Crippen LogP contribution in [0.1, 0.15) is 41.2 Å². The van der Waals surface area contributed by atoms with Gasteiger partial charge in [0.2, 0.25) is 10.0 Å². The topological polar surface area (TPSA) is 75.5 Å². The van der Waals surface area contributed by atoms with Crippen LogP contribution in [-0.4, -0.2) is 53.4 Å². The molecule has 0 unspecified atom stereocenters. The number of carbonyl (C=O) groups is 1. The van der Waals surface area contributed by atoms with Gasteiger partial charge in [-0.3, -0.25) is 4.79 Å². The molecule has 0 saturated carbocycles. The molecule has 0 atom stereocenters. The molecule has 0 bridgehead atoms. The van der Waals surface area contributed by atoms with Gasteiger partial charge in [-0.1, -0.05) is 38.1 Å². The monoisotopic (exact) mass is 454 g/mol. The maximum absolute atomic E-state index is 13.1. The number of aromatic nitrogens is 2. The molecule has 0 aliphatic heterocycles. The van der Waals surface area contributed by atoms with E-state index in [4.69, 9.17) is 0 Å². The number of hydrogen-bond donors (Lipinski definition) is 0. The molecule has 170 valence electrons. The second-order valence-corrected chi connectivity index (χ2v) is 9.61. The van der Waals surface area contributed by atoms with Crippen molar-refractivity contribution >= 4 is 15.9 Å². The van der Waals surface area contributed by atoms with E-state index in [0.29, 0.717) is 25.2 Å². The summed E-state index contributed by atoms with van der Waals surface area (Å²) in [4.78, 5) is 14.8. The van der Waals surface area contributed by atoms with Gasteiger partial charge in [0.25, 0.3) is 5.91 Å². The van der Waals surface area contributed by atoms with Gasteiger partial charge in [0.05, 0.1) is 16.3 Å². The third-order valence-electron chi connectivity index (χ3n) is 5.61. The molecule has 7 nitrogen and oxygen atoms in total. The fourth-order valence-electron chi connectivity index (χ4n) is 3.76. The highest BCUT2D eigenvalue weighted by atomic mass is 32.2. The van der Waals surface area contributed by atoms with E-state index in [1.54, 1.807) is 37.9 Å². The Hall–Kier alpha value is -2.97. The molecular formula is C24H30N4O3S. The van der Waals surface area contributed by atoms with Gasteiger partial charge in [0.15, 0.2) is 0 Å². The van der Waals surface area contributed by atoms with Crippen molar-refractivity contribution in [3.05, 3.63) is 77.1 Å². The largest absolute Gasteiger partial charge is 0.337 e. The summed E-state index contributed by atoms with van der Waals surface area (Å²) >= 11 is 0. The first-order valence-corrected chi connectivity index (χ1v) is 12.1. The van der Waals surface area contributed by atoms with Crippen LogP contribution in [0.5, 0.6) is 0 Å². The molecule has 8 heteroatoms. The molecule has 3 rings (SSSR count). The Morgan fingerprint density at radius 2 is 1.66 bits per heavy atom. The molecule has 1 amide bonds. The van der Waals surface area contributed by atoms with Crippen LogP contribution in [0.3, 0.4) is 0 Å². The molecule has 0 N–H and O–H groups in total. The summed E-state index contributed by atoms with van der Waals surface area (Å²) in [6, 6.07) is 16.1. The summed E-state index contributed by atoms with van der Waals surface area (Å²) in [6.45, 7) is 8.63. The molecule has 0 aliphatic rings. The minimum absolute atomic E-state index is 0.129. The van der Waals surface area contributed by atoms with E-state index < -0.39 is 10.0 Å². The lowest BCUT2D eigenvalue weighted by molar-refractivity contribution is 0.0784. The minimum Gasteiger partial charge on any atom is -0.337 e. The first-order chi connectivity index (χ1) is 15.2. The molecule has 1 heterocycles. The van der Waals surface area contributed by atoms with Gasteiger partial charge in [-0.25, -0.2) is 13.1 Å². The Morgan fingerprint density at radius 1 is 1.00 bits per heavy atom. The molecule has 32 heavy (non-hydrogen) atoms. The number of sulfonamides is 1. The summed E-state index contributed by atoms with van der Waals surface area (Å²) < 4.78 is 28.9. The summed E-state index contributed by atoms with van der Waals surface area (Å²) in [5.74, 6) is -0.243. The third kappa shape index (κ3) is 4.61. The number of benzene rings is 2. The van der Waals surface area contributed by atoms with Crippen LogP contribution in [0, 0.1) is 13.8 Å². The Kier molecular flexibility index (Phi) is 7.16. The fraction of sp³-hybridized carbons (Fsp3) is 0.333. The SMILES string of the molecule is CCN(CC)S(=O)(=O)c1cccc(C(=O)N(C)Cc2c(C)nn(-c3ccccc3)c2C)c1. The van der Waals surface area contributed by atoms with Gasteiger partial charge in [-0.15, -0.1) is 0 Å². The number of amides is 1. The zero-order valence-corrected chi connectivity index (χ0v) is 20.1. The van der Waals surface area contributed by atoms with Gasteiger partial charge in [0, 0.05) is 43.5 Å². The fourth-order valence-corrected chi connectivity index (χ4v) is 5.26. The average Bonchev–Trinajstić information content (AvgIpc) is 3.08. The van der Waals surface area contributed by atoms with E-state index in [1.807, 2.05) is 48.9 Å². The van der Waals surface area contributed by atoms with E-state index in [9.17, 15) is 13.2 Å². The number of nitrogens with zero attached hydrogens (tertiary/aromatic N) is 4. The van der Waals surface area contributed by atoms with E-state index in [1.165, 1.54) is 16.4 Å². The molecule has 0 aliphatic carbocycles. The molecule has 1 aromatic heterocycles. The molecule has 0 fully saturated rings. The van der Waals surface area contributed by atoms with Crippen molar-refractivity contribution < 1.29 is 13.2 Å². The molecular weight excluding hydrogens is 424 g/mol. The zero-order chi connectivity index (χ0) is 23.5. The van der Waals surface area contributed by atoms with Crippen molar-refractivity contribution in [2.75, 3.05) is 20.1 Å². The standard InChI is InChI=1S/C24H30N4O3S/c1-6-27(7-2)32(30,31)22-15-11-12-20(16-22)24(29)26(5)17-23-18(3)25-28(19(23)4)21-13-9-8-10-14-21/h8-16H,6-7,17H2,1-5H3. The van der Waals surface area contributed by atoms with Crippen molar-refractivity contribution in [1.29, 1.82) is 0 Å². The number of hydrogen-bond acceptors (Lipinski definition) is 4. The predicted octanol–water partition coefficient (Wildman–Crippen LogP) is 3.79. The minimum atomic E-state index is -3.63. The predicted molar refractivity (Wildman–Crippen MR) is 125 cm³/mol. The second-order valence-electron chi connectivity index (χ2n) is 7.68. The number of para-hydroxylation sites is 1. The molecule has 2 aromatic carbocycles.